The molecule has 9 heteroatoms. The minimum absolute atomic E-state index is 0.0242. The molecular weight excluding hydrogens is 345 g/mol. The number of benzene rings is 1. The predicted octanol–water partition coefficient (Wildman–Crippen LogP) is 2.61. The summed E-state index contributed by atoms with van der Waals surface area (Å²) in [6, 6.07) is 4.39. The highest BCUT2D eigenvalue weighted by Crippen LogP contribution is 2.37. The van der Waals surface area contributed by atoms with Crippen LogP contribution in [0.15, 0.2) is 42.3 Å². The maximum atomic E-state index is 13.7. The highest BCUT2D eigenvalue weighted by molar-refractivity contribution is 7.99. The molecular formula is C16H16FN5O2S. The van der Waals surface area contributed by atoms with Gasteiger partial charge in [-0.15, -0.1) is 10.2 Å². The third kappa shape index (κ3) is 4.44. The highest BCUT2D eigenvalue weighted by Gasteiger charge is 2.26. The van der Waals surface area contributed by atoms with E-state index >= 15 is 0 Å². The lowest BCUT2D eigenvalue weighted by molar-refractivity contribution is -0.114. The van der Waals surface area contributed by atoms with E-state index < -0.39 is 11.7 Å². The van der Waals surface area contributed by atoms with Crippen LogP contribution in [0.25, 0.3) is 0 Å². The fourth-order valence-electron chi connectivity index (χ4n) is 2.15. The van der Waals surface area contributed by atoms with Crippen LogP contribution in [0, 0.1) is 5.82 Å². The van der Waals surface area contributed by atoms with E-state index in [9.17, 15) is 14.0 Å². The van der Waals surface area contributed by atoms with Gasteiger partial charge in [0.2, 0.25) is 11.8 Å². The number of halogens is 1. The van der Waals surface area contributed by atoms with Crippen LogP contribution in [0.2, 0.25) is 0 Å². The van der Waals surface area contributed by atoms with E-state index in [-0.39, 0.29) is 17.3 Å². The summed E-state index contributed by atoms with van der Waals surface area (Å²) in [6.45, 7) is 3.31. The fraction of sp³-hybridized carbons (Fsp3) is 0.250. The molecule has 0 atom stereocenters. The molecule has 1 aromatic heterocycles. The number of aromatic nitrogens is 3. The Morgan fingerprint density at radius 3 is 2.92 bits per heavy atom. The fourth-order valence-corrected chi connectivity index (χ4v) is 2.93. The first-order valence-corrected chi connectivity index (χ1v) is 8.60. The third-order valence-corrected chi connectivity index (χ3v) is 4.46. The molecule has 1 aliphatic carbocycles. The molecule has 0 saturated heterocycles. The molecule has 1 saturated carbocycles. The lowest BCUT2D eigenvalue weighted by Gasteiger charge is -2.09. The summed E-state index contributed by atoms with van der Waals surface area (Å²) < 4.78 is 15.7. The van der Waals surface area contributed by atoms with E-state index in [1.807, 2.05) is 4.57 Å². The maximum Gasteiger partial charge on any atom is 0.247 e. The number of carbonyl (C=O) groups excluding carboxylic acids is 2. The Labute approximate surface area is 147 Å². The topological polar surface area (TPSA) is 88.9 Å². The zero-order valence-electron chi connectivity index (χ0n) is 13.2. The van der Waals surface area contributed by atoms with Crippen molar-refractivity contribution in [3.8, 4) is 0 Å². The first-order chi connectivity index (χ1) is 12.1. The molecule has 7 nitrogen and oxygen atoms in total. The van der Waals surface area contributed by atoms with Crippen LogP contribution >= 0.6 is 11.8 Å². The Hall–Kier alpha value is -2.68. The molecule has 25 heavy (non-hydrogen) atoms. The van der Waals surface area contributed by atoms with E-state index in [0.717, 1.165) is 18.9 Å². The minimum atomic E-state index is -0.597. The number of carbonyl (C=O) groups is 2. The van der Waals surface area contributed by atoms with E-state index in [1.54, 1.807) is 6.33 Å². The Morgan fingerprint density at radius 2 is 2.20 bits per heavy atom. The molecule has 0 radical (unpaired) electrons. The summed E-state index contributed by atoms with van der Waals surface area (Å²) in [5.41, 5.74) is 0.360. The maximum absolute atomic E-state index is 13.7. The van der Waals surface area contributed by atoms with Crippen molar-refractivity contribution in [3.63, 3.8) is 0 Å². The quantitative estimate of drug-likeness (QED) is 0.584. The lowest BCUT2D eigenvalue weighted by Crippen LogP contribution is -2.15. The van der Waals surface area contributed by atoms with Gasteiger partial charge in [-0.1, -0.05) is 18.3 Å². The van der Waals surface area contributed by atoms with Crippen LogP contribution in [-0.2, 0) is 9.59 Å². The van der Waals surface area contributed by atoms with Crippen LogP contribution in [0.5, 0.6) is 0 Å². The number of thioether (sulfide) groups is 1. The van der Waals surface area contributed by atoms with Crippen molar-refractivity contribution in [3.05, 3.63) is 43.0 Å². The molecule has 1 aliphatic rings. The van der Waals surface area contributed by atoms with Crippen molar-refractivity contribution >= 4 is 35.0 Å². The van der Waals surface area contributed by atoms with E-state index in [4.69, 9.17) is 0 Å². The first-order valence-electron chi connectivity index (χ1n) is 7.62. The lowest BCUT2D eigenvalue weighted by atomic mass is 10.2. The SMILES string of the molecule is C=CC(=O)Nc1cc(NC(=O)CSc2nncn2C2CC2)ccc1F. The average molecular weight is 361 g/mol. The molecule has 0 spiro atoms. The van der Waals surface area contributed by atoms with Crippen molar-refractivity contribution < 1.29 is 14.0 Å². The monoisotopic (exact) mass is 361 g/mol. The zero-order chi connectivity index (χ0) is 17.8. The highest BCUT2D eigenvalue weighted by atomic mass is 32.2. The number of hydrogen-bond acceptors (Lipinski definition) is 5. The second-order valence-corrected chi connectivity index (χ2v) is 6.42. The van der Waals surface area contributed by atoms with Gasteiger partial charge in [0.05, 0.1) is 11.4 Å². The van der Waals surface area contributed by atoms with Crippen LogP contribution in [0.4, 0.5) is 15.8 Å². The number of rotatable bonds is 7. The molecule has 0 unspecified atom stereocenters. The number of nitrogens with one attached hydrogen (secondary N) is 2. The predicted molar refractivity (Wildman–Crippen MR) is 92.9 cm³/mol. The van der Waals surface area contributed by atoms with Gasteiger partial charge in [0, 0.05) is 11.7 Å². The van der Waals surface area contributed by atoms with Crippen molar-refractivity contribution in [2.24, 2.45) is 0 Å². The largest absolute Gasteiger partial charge is 0.325 e. The van der Waals surface area contributed by atoms with Crippen molar-refractivity contribution in [2.45, 2.75) is 24.0 Å². The van der Waals surface area contributed by atoms with Gasteiger partial charge in [-0.25, -0.2) is 4.39 Å². The summed E-state index contributed by atoms with van der Waals surface area (Å²) >= 11 is 1.29. The van der Waals surface area contributed by atoms with Crippen LogP contribution in [0.1, 0.15) is 18.9 Å². The van der Waals surface area contributed by atoms with Crippen molar-refractivity contribution in [1.29, 1.82) is 0 Å². The molecule has 1 heterocycles. The van der Waals surface area contributed by atoms with Gasteiger partial charge >= 0.3 is 0 Å². The van der Waals surface area contributed by atoms with E-state index in [0.29, 0.717) is 16.9 Å². The molecule has 3 rings (SSSR count). The molecule has 2 amide bonds. The van der Waals surface area contributed by atoms with E-state index in [2.05, 4.69) is 27.4 Å². The van der Waals surface area contributed by atoms with Gasteiger partial charge in [-0.3, -0.25) is 9.59 Å². The van der Waals surface area contributed by atoms with Gasteiger partial charge in [-0.2, -0.15) is 0 Å². The third-order valence-electron chi connectivity index (χ3n) is 3.51. The van der Waals surface area contributed by atoms with Crippen molar-refractivity contribution in [2.75, 3.05) is 16.4 Å². The average Bonchev–Trinajstić information content (AvgIpc) is 3.34. The normalized spacial score (nSPS) is 13.3. The molecule has 1 aromatic carbocycles. The number of anilines is 2. The smallest absolute Gasteiger partial charge is 0.247 e. The van der Waals surface area contributed by atoms with Gasteiger partial charge in [0.15, 0.2) is 5.16 Å². The Balaban J connectivity index is 1.58. The number of hydrogen-bond donors (Lipinski definition) is 2. The van der Waals surface area contributed by atoms with Gasteiger partial charge < -0.3 is 15.2 Å². The summed E-state index contributed by atoms with van der Waals surface area (Å²) in [5.74, 6) is -1.24. The van der Waals surface area contributed by atoms with Crippen LogP contribution in [0.3, 0.4) is 0 Å². The summed E-state index contributed by atoms with van der Waals surface area (Å²) in [4.78, 5) is 23.4. The van der Waals surface area contributed by atoms with Crippen molar-refractivity contribution in [1.82, 2.24) is 14.8 Å². The summed E-state index contributed by atoms with van der Waals surface area (Å²) in [5, 5.41) is 13.6. The molecule has 0 aliphatic heterocycles. The van der Waals surface area contributed by atoms with Crippen LogP contribution < -0.4 is 10.6 Å². The van der Waals surface area contributed by atoms with Gasteiger partial charge in [0.25, 0.3) is 0 Å². The zero-order valence-corrected chi connectivity index (χ0v) is 14.1. The molecule has 0 bridgehead atoms. The second-order valence-electron chi connectivity index (χ2n) is 5.48. The summed E-state index contributed by atoms with van der Waals surface area (Å²) in [7, 11) is 0. The van der Waals surface area contributed by atoms with Crippen LogP contribution in [-0.4, -0.2) is 32.3 Å². The Morgan fingerprint density at radius 1 is 1.40 bits per heavy atom. The Kier molecular flexibility index (Phi) is 5.13. The van der Waals surface area contributed by atoms with Gasteiger partial charge in [0.1, 0.15) is 12.1 Å². The molecule has 2 aromatic rings. The van der Waals surface area contributed by atoms with E-state index in [1.165, 1.54) is 30.0 Å². The molecule has 2 N–H and O–H groups in total. The molecule has 1 fully saturated rings. The minimum Gasteiger partial charge on any atom is -0.325 e. The Bertz CT molecular complexity index is 819. The second kappa shape index (κ2) is 7.47. The molecule has 130 valence electrons. The van der Waals surface area contributed by atoms with Gasteiger partial charge in [-0.05, 0) is 37.1 Å². The standard InChI is InChI=1S/C16H16FN5O2S/c1-2-14(23)20-13-7-10(3-6-12(13)17)19-15(24)8-25-16-21-18-9-22(16)11-4-5-11/h2-3,6-7,9,11H,1,4-5,8H2,(H,19,24)(H,20,23). The number of nitrogens with zero attached hydrogens (tertiary/aromatic N) is 3. The number of amides is 2. The first kappa shape index (κ1) is 17.2. The summed E-state index contributed by atoms with van der Waals surface area (Å²) in [6.07, 6.45) is 4.92.